The molecule has 9 heteroatoms. The predicted octanol–water partition coefficient (Wildman–Crippen LogP) is 8.00. The number of nitrogens with zero attached hydrogens (tertiary/aromatic N) is 2. The Morgan fingerprint density at radius 1 is 0.977 bits per heavy atom. The van der Waals surface area contributed by atoms with Crippen molar-refractivity contribution in [3.8, 4) is 11.1 Å². The Morgan fingerprint density at radius 2 is 1.64 bits per heavy atom. The standard InChI is InChI=1S/C35H46Cl2N2O4Si/c1-35(2,3)44(4,5)43-28-12-10-26(11-13-28)38-15-14-24(34(38)41)16-30-31(36)17-25(18-32(30)37)22-6-8-23(9-7-22)33(40)39-20-29-19-27(39)21-42-29/h6-9,17-18,24,26-29H,10-16,19-21H2,1-5H3/t24-,26?,27?,28?,29?/m0/s1. The molecule has 44 heavy (non-hydrogen) atoms. The van der Waals surface area contributed by atoms with Crippen molar-refractivity contribution in [3.05, 3.63) is 57.6 Å². The van der Waals surface area contributed by atoms with Crippen LogP contribution in [0.4, 0.5) is 0 Å². The molecule has 0 N–H and O–H groups in total. The minimum Gasteiger partial charge on any atom is -0.414 e. The first-order valence-corrected chi connectivity index (χ1v) is 20.0. The van der Waals surface area contributed by atoms with Crippen molar-refractivity contribution in [2.45, 2.75) is 108 Å². The van der Waals surface area contributed by atoms with Gasteiger partial charge in [-0.15, -0.1) is 0 Å². The van der Waals surface area contributed by atoms with Crippen LogP contribution >= 0.6 is 23.2 Å². The normalized spacial score (nSPS) is 27.4. The summed E-state index contributed by atoms with van der Waals surface area (Å²) < 4.78 is 12.3. The topological polar surface area (TPSA) is 59.1 Å². The molecule has 238 valence electrons. The molecule has 0 aromatic heterocycles. The number of fused-ring (bicyclic) bond motifs is 2. The van der Waals surface area contributed by atoms with E-state index in [4.69, 9.17) is 32.4 Å². The number of carbonyl (C=O) groups excluding carboxylic acids is 2. The van der Waals surface area contributed by atoms with Gasteiger partial charge in [0.2, 0.25) is 5.91 Å². The van der Waals surface area contributed by atoms with Gasteiger partial charge >= 0.3 is 0 Å². The molecule has 2 amide bonds. The van der Waals surface area contributed by atoms with Crippen LogP contribution in [0.3, 0.4) is 0 Å². The second kappa shape index (κ2) is 12.4. The molecule has 3 heterocycles. The highest BCUT2D eigenvalue weighted by molar-refractivity contribution is 6.74. The number of halogens is 2. The van der Waals surface area contributed by atoms with Crippen molar-refractivity contribution in [1.29, 1.82) is 0 Å². The van der Waals surface area contributed by atoms with Gasteiger partial charge in [-0.3, -0.25) is 9.59 Å². The molecule has 1 aliphatic carbocycles. The smallest absolute Gasteiger partial charge is 0.254 e. The quantitative estimate of drug-likeness (QED) is 0.283. The Balaban J connectivity index is 1.05. The maximum absolute atomic E-state index is 13.6. The highest BCUT2D eigenvalue weighted by Gasteiger charge is 2.43. The fraction of sp³-hybridized carbons (Fsp3) is 0.600. The lowest BCUT2D eigenvalue weighted by Gasteiger charge is -2.42. The maximum atomic E-state index is 13.6. The Labute approximate surface area is 273 Å². The minimum absolute atomic E-state index is 0.0570. The zero-order valence-corrected chi connectivity index (χ0v) is 29.2. The number of morpholine rings is 1. The van der Waals surface area contributed by atoms with Crippen LogP contribution in [0.25, 0.3) is 11.1 Å². The van der Waals surface area contributed by atoms with Gasteiger partial charge < -0.3 is 19.0 Å². The molecule has 2 aromatic rings. The van der Waals surface area contributed by atoms with Gasteiger partial charge in [0.05, 0.1) is 18.8 Å². The Bertz CT molecular complexity index is 1380. The summed E-state index contributed by atoms with van der Waals surface area (Å²) in [6.45, 7) is 13.6. The van der Waals surface area contributed by atoms with E-state index >= 15 is 0 Å². The highest BCUT2D eigenvalue weighted by Crippen LogP contribution is 2.41. The second-order valence-corrected chi connectivity index (χ2v) is 20.4. The molecule has 3 saturated heterocycles. The van der Waals surface area contributed by atoms with Crippen molar-refractivity contribution in [3.63, 3.8) is 0 Å². The molecule has 6 rings (SSSR count). The first-order chi connectivity index (χ1) is 20.8. The summed E-state index contributed by atoms with van der Waals surface area (Å²) in [5.74, 6) is 0.184. The van der Waals surface area contributed by atoms with Gasteiger partial charge in [0.15, 0.2) is 8.32 Å². The SMILES string of the molecule is CC(C)(C)[Si](C)(C)OC1CCC(N2CC[C@@H](Cc3c(Cl)cc(-c4ccc(C(=O)N5CC6CC5CO6)cc4)cc3Cl)C2=O)CC1. The molecular formula is C35H46Cl2N2O4Si. The van der Waals surface area contributed by atoms with E-state index < -0.39 is 8.32 Å². The van der Waals surface area contributed by atoms with Crippen LogP contribution in [0.5, 0.6) is 0 Å². The third-order valence-corrected chi connectivity index (χ3v) is 16.1. The number of benzene rings is 2. The van der Waals surface area contributed by atoms with Gasteiger partial charge in [0.1, 0.15) is 0 Å². The van der Waals surface area contributed by atoms with Gasteiger partial charge in [-0.05, 0) is 104 Å². The molecule has 3 aliphatic heterocycles. The van der Waals surface area contributed by atoms with Gasteiger partial charge in [-0.25, -0.2) is 0 Å². The zero-order chi connectivity index (χ0) is 31.4. The van der Waals surface area contributed by atoms with Crippen molar-refractivity contribution in [2.24, 2.45) is 5.92 Å². The summed E-state index contributed by atoms with van der Waals surface area (Å²) in [6.07, 6.45) is 6.86. The third kappa shape index (κ3) is 6.37. The number of hydrogen-bond acceptors (Lipinski definition) is 4. The monoisotopic (exact) mass is 656 g/mol. The number of hydrogen-bond donors (Lipinski definition) is 0. The molecular weight excluding hydrogens is 611 g/mol. The number of amides is 2. The molecule has 0 spiro atoms. The molecule has 0 radical (unpaired) electrons. The summed E-state index contributed by atoms with van der Waals surface area (Å²) in [5.41, 5.74) is 3.35. The average Bonchev–Trinajstić information content (AvgIpc) is 3.71. The summed E-state index contributed by atoms with van der Waals surface area (Å²) in [6, 6.07) is 12.0. The fourth-order valence-electron chi connectivity index (χ4n) is 7.21. The lowest BCUT2D eigenvalue weighted by molar-refractivity contribution is -0.133. The minimum atomic E-state index is -1.79. The Hall–Kier alpha value is -1.90. The highest BCUT2D eigenvalue weighted by atomic mass is 35.5. The number of likely N-dealkylation sites (tertiary alicyclic amines) is 2. The van der Waals surface area contributed by atoms with E-state index in [2.05, 4.69) is 38.8 Å². The van der Waals surface area contributed by atoms with E-state index in [9.17, 15) is 9.59 Å². The zero-order valence-electron chi connectivity index (χ0n) is 26.7. The molecule has 2 bridgehead atoms. The Morgan fingerprint density at radius 3 is 2.20 bits per heavy atom. The fourth-order valence-corrected chi connectivity index (χ4v) is 9.28. The van der Waals surface area contributed by atoms with E-state index in [0.717, 1.165) is 61.8 Å². The van der Waals surface area contributed by atoms with E-state index in [0.29, 0.717) is 47.3 Å². The lowest BCUT2D eigenvalue weighted by Crippen LogP contribution is -2.47. The van der Waals surface area contributed by atoms with Gasteiger partial charge in [0.25, 0.3) is 5.91 Å². The summed E-state index contributed by atoms with van der Waals surface area (Å²) in [7, 11) is -1.79. The van der Waals surface area contributed by atoms with Crippen LogP contribution in [0.2, 0.25) is 28.2 Å². The van der Waals surface area contributed by atoms with Gasteiger partial charge in [-0.1, -0.05) is 56.1 Å². The first kappa shape index (κ1) is 32.1. The van der Waals surface area contributed by atoms with E-state index in [-0.39, 0.29) is 34.9 Å². The lowest BCUT2D eigenvalue weighted by atomic mass is 9.92. The third-order valence-electron chi connectivity index (χ3n) is 10.9. The number of rotatable bonds is 7. The molecule has 4 fully saturated rings. The van der Waals surface area contributed by atoms with Gasteiger partial charge in [-0.2, -0.15) is 0 Å². The molecule has 4 aliphatic rings. The maximum Gasteiger partial charge on any atom is 0.254 e. The van der Waals surface area contributed by atoms with Crippen LogP contribution < -0.4 is 0 Å². The van der Waals surface area contributed by atoms with Crippen LogP contribution in [0, 0.1) is 5.92 Å². The summed E-state index contributed by atoms with van der Waals surface area (Å²) in [4.78, 5) is 30.7. The van der Waals surface area contributed by atoms with Crippen LogP contribution in [0.15, 0.2) is 36.4 Å². The second-order valence-electron chi connectivity index (χ2n) is 14.8. The first-order valence-electron chi connectivity index (χ1n) is 16.3. The van der Waals surface area contributed by atoms with Crippen LogP contribution in [-0.2, 0) is 20.4 Å². The molecule has 3 atom stereocenters. The van der Waals surface area contributed by atoms with Gasteiger partial charge in [0, 0.05) is 46.8 Å². The largest absolute Gasteiger partial charge is 0.414 e. The molecule has 2 unspecified atom stereocenters. The van der Waals surface area contributed by atoms with Crippen LogP contribution in [-0.4, -0.2) is 73.9 Å². The van der Waals surface area contributed by atoms with Crippen molar-refractivity contribution < 1.29 is 18.8 Å². The van der Waals surface area contributed by atoms with E-state index in [1.54, 1.807) is 0 Å². The van der Waals surface area contributed by atoms with E-state index in [1.807, 2.05) is 41.3 Å². The Kier molecular flexibility index (Phi) is 9.01. The number of carbonyl (C=O) groups is 2. The predicted molar refractivity (Wildman–Crippen MR) is 179 cm³/mol. The summed E-state index contributed by atoms with van der Waals surface area (Å²) in [5, 5.41) is 1.36. The van der Waals surface area contributed by atoms with Crippen molar-refractivity contribution in [2.75, 3.05) is 19.7 Å². The van der Waals surface area contributed by atoms with Crippen molar-refractivity contribution >= 4 is 43.3 Å². The average molecular weight is 658 g/mol. The van der Waals surface area contributed by atoms with Crippen LogP contribution in [0.1, 0.15) is 75.2 Å². The molecule has 1 saturated carbocycles. The molecule has 2 aromatic carbocycles. The molecule has 6 nitrogen and oxygen atoms in total. The number of ether oxygens (including phenoxy) is 1. The summed E-state index contributed by atoms with van der Waals surface area (Å²) >= 11 is 13.6. The van der Waals surface area contributed by atoms with Crippen molar-refractivity contribution in [1.82, 2.24) is 9.80 Å². The van der Waals surface area contributed by atoms with E-state index in [1.165, 1.54) is 0 Å².